The fourth-order valence-corrected chi connectivity index (χ4v) is 1.87. The van der Waals surface area contributed by atoms with Crippen LogP contribution in [0.25, 0.3) is 0 Å². The summed E-state index contributed by atoms with van der Waals surface area (Å²) in [5.74, 6) is -1.37. The maximum atomic E-state index is 12.0. The molecule has 1 saturated carbocycles. The molecule has 1 aliphatic carbocycles. The second-order valence-electron chi connectivity index (χ2n) is 4.90. The summed E-state index contributed by atoms with van der Waals surface area (Å²) in [5, 5.41) is 14.2. The molecular weight excluding hydrogens is 250 g/mol. The van der Waals surface area contributed by atoms with Crippen molar-refractivity contribution in [2.24, 2.45) is 5.92 Å². The zero-order chi connectivity index (χ0) is 14.6. The van der Waals surface area contributed by atoms with E-state index in [1.165, 1.54) is 18.9 Å². The number of carbonyl (C=O) groups is 3. The fraction of sp³-hybridized carbons (Fsp3) is 0.750. The van der Waals surface area contributed by atoms with Gasteiger partial charge < -0.3 is 20.6 Å². The predicted molar refractivity (Wildman–Crippen MR) is 68.6 cm³/mol. The first-order valence-corrected chi connectivity index (χ1v) is 6.36. The molecule has 3 amide bonds. The molecule has 1 atom stereocenters. The third-order valence-electron chi connectivity index (χ3n) is 3.49. The summed E-state index contributed by atoms with van der Waals surface area (Å²) in [7, 11) is 1.49. The van der Waals surface area contributed by atoms with Gasteiger partial charge in [0, 0.05) is 13.6 Å². The van der Waals surface area contributed by atoms with Gasteiger partial charge in [-0.1, -0.05) is 0 Å². The normalized spacial score (nSPS) is 17.2. The van der Waals surface area contributed by atoms with Crippen molar-refractivity contribution in [3.8, 4) is 0 Å². The maximum absolute atomic E-state index is 12.0. The molecule has 1 fully saturated rings. The number of likely N-dealkylation sites (N-methyl/N-ethyl adjacent to an activating group) is 2. The van der Waals surface area contributed by atoms with Crippen LogP contribution in [0.3, 0.4) is 0 Å². The highest BCUT2D eigenvalue weighted by Crippen LogP contribution is 2.39. The summed E-state index contributed by atoms with van der Waals surface area (Å²) in [5.41, 5.74) is -1.26. The Morgan fingerprint density at radius 2 is 1.95 bits per heavy atom. The van der Waals surface area contributed by atoms with Crippen LogP contribution in [0.5, 0.6) is 0 Å². The Morgan fingerprint density at radius 3 is 2.32 bits per heavy atom. The second kappa shape index (κ2) is 5.90. The molecule has 0 bridgehead atoms. The molecule has 0 aromatic heterocycles. The van der Waals surface area contributed by atoms with Crippen molar-refractivity contribution in [2.75, 3.05) is 20.1 Å². The van der Waals surface area contributed by atoms with Gasteiger partial charge in [-0.15, -0.1) is 0 Å². The molecule has 0 heterocycles. The Hall–Kier alpha value is -1.79. The number of carbonyl (C=O) groups excluding carboxylic acids is 2. The smallest absolute Gasteiger partial charge is 0.329 e. The lowest BCUT2D eigenvalue weighted by Crippen LogP contribution is -2.58. The number of amides is 3. The van der Waals surface area contributed by atoms with Crippen LogP contribution in [-0.4, -0.2) is 53.6 Å². The third kappa shape index (κ3) is 3.59. The van der Waals surface area contributed by atoms with Crippen molar-refractivity contribution in [3.63, 3.8) is 0 Å². The third-order valence-corrected chi connectivity index (χ3v) is 3.49. The largest absolute Gasteiger partial charge is 0.480 e. The molecule has 1 unspecified atom stereocenters. The number of urea groups is 1. The quantitative estimate of drug-likeness (QED) is 0.634. The number of aliphatic carboxylic acids is 1. The Bertz CT molecular complexity index is 381. The topological polar surface area (TPSA) is 98.7 Å². The number of carboxylic acid groups (broad SMARTS) is 1. The number of nitrogens with one attached hydrogen (secondary N) is 2. The van der Waals surface area contributed by atoms with Crippen LogP contribution < -0.4 is 10.6 Å². The van der Waals surface area contributed by atoms with E-state index in [-0.39, 0.29) is 18.4 Å². The lowest BCUT2D eigenvalue weighted by Gasteiger charge is -2.30. The number of rotatable bonds is 6. The van der Waals surface area contributed by atoms with E-state index in [4.69, 9.17) is 0 Å². The Balaban J connectivity index is 2.69. The first-order valence-electron chi connectivity index (χ1n) is 6.36. The van der Waals surface area contributed by atoms with E-state index >= 15 is 0 Å². The van der Waals surface area contributed by atoms with Crippen molar-refractivity contribution in [3.05, 3.63) is 0 Å². The minimum absolute atomic E-state index is 0.0346. The minimum atomic E-state index is -1.26. The molecule has 1 rings (SSSR count). The van der Waals surface area contributed by atoms with Gasteiger partial charge >= 0.3 is 12.0 Å². The molecule has 7 heteroatoms. The highest BCUT2D eigenvalue weighted by Gasteiger charge is 2.49. The second-order valence-corrected chi connectivity index (χ2v) is 4.90. The molecule has 0 saturated heterocycles. The zero-order valence-corrected chi connectivity index (χ0v) is 11.5. The summed E-state index contributed by atoms with van der Waals surface area (Å²) in [6.07, 6.45) is 1.59. The van der Waals surface area contributed by atoms with E-state index in [0.29, 0.717) is 6.54 Å². The standard InChI is InChI=1S/C12H21N3O4/c1-4-15(7-9(16)13-3)11(19)14-12(2,10(17)18)8-5-6-8/h8H,4-7H2,1-3H3,(H,13,16)(H,14,19)(H,17,18). The Morgan fingerprint density at radius 1 is 1.37 bits per heavy atom. The van der Waals surface area contributed by atoms with Crippen LogP contribution in [0.4, 0.5) is 4.79 Å². The maximum Gasteiger partial charge on any atom is 0.329 e. The highest BCUT2D eigenvalue weighted by atomic mass is 16.4. The van der Waals surface area contributed by atoms with Gasteiger partial charge in [-0.05, 0) is 32.6 Å². The summed E-state index contributed by atoms with van der Waals surface area (Å²) in [6, 6.07) is -0.525. The lowest BCUT2D eigenvalue weighted by molar-refractivity contribution is -0.144. The molecule has 7 nitrogen and oxygen atoms in total. The van der Waals surface area contributed by atoms with E-state index in [1.807, 2.05) is 0 Å². The molecule has 0 aliphatic heterocycles. The van der Waals surface area contributed by atoms with Crippen LogP contribution in [0.2, 0.25) is 0 Å². The number of carboxylic acids is 1. The fourth-order valence-electron chi connectivity index (χ4n) is 1.87. The molecule has 0 spiro atoms. The van der Waals surface area contributed by atoms with Crippen molar-refractivity contribution in [1.29, 1.82) is 0 Å². The van der Waals surface area contributed by atoms with Crippen LogP contribution in [-0.2, 0) is 9.59 Å². The molecule has 0 aromatic rings. The molecule has 3 N–H and O–H groups in total. The van der Waals surface area contributed by atoms with E-state index in [1.54, 1.807) is 6.92 Å². The van der Waals surface area contributed by atoms with Crippen molar-refractivity contribution < 1.29 is 19.5 Å². The van der Waals surface area contributed by atoms with Crippen LogP contribution in [0, 0.1) is 5.92 Å². The van der Waals surface area contributed by atoms with Gasteiger partial charge in [0.05, 0.1) is 0 Å². The Kier molecular flexibility index (Phi) is 4.74. The van der Waals surface area contributed by atoms with Crippen molar-refractivity contribution in [1.82, 2.24) is 15.5 Å². The first-order chi connectivity index (χ1) is 8.85. The Labute approximate surface area is 112 Å². The van der Waals surface area contributed by atoms with E-state index in [9.17, 15) is 19.5 Å². The van der Waals surface area contributed by atoms with Gasteiger partial charge in [-0.3, -0.25) is 4.79 Å². The zero-order valence-electron chi connectivity index (χ0n) is 11.5. The lowest BCUT2D eigenvalue weighted by atomic mass is 9.96. The highest BCUT2D eigenvalue weighted by molar-refractivity contribution is 5.89. The van der Waals surface area contributed by atoms with E-state index in [0.717, 1.165) is 12.8 Å². The molecular formula is C12H21N3O4. The first kappa shape index (κ1) is 15.3. The van der Waals surface area contributed by atoms with Gasteiger partial charge in [0.1, 0.15) is 12.1 Å². The molecule has 0 aromatic carbocycles. The average molecular weight is 271 g/mol. The van der Waals surface area contributed by atoms with Gasteiger partial charge in [0.15, 0.2) is 0 Å². The van der Waals surface area contributed by atoms with Crippen LogP contribution in [0.15, 0.2) is 0 Å². The number of nitrogens with zero attached hydrogens (tertiary/aromatic N) is 1. The predicted octanol–water partition coefficient (Wildman–Crippen LogP) is 0.0172. The van der Waals surface area contributed by atoms with Gasteiger partial charge in [-0.2, -0.15) is 0 Å². The summed E-state index contributed by atoms with van der Waals surface area (Å²) in [4.78, 5) is 35.9. The molecule has 19 heavy (non-hydrogen) atoms. The molecule has 108 valence electrons. The van der Waals surface area contributed by atoms with Gasteiger partial charge in [-0.25, -0.2) is 9.59 Å². The summed E-state index contributed by atoms with van der Waals surface area (Å²) >= 11 is 0. The summed E-state index contributed by atoms with van der Waals surface area (Å²) < 4.78 is 0. The monoisotopic (exact) mass is 271 g/mol. The average Bonchev–Trinajstić information content (AvgIpc) is 3.19. The molecule has 1 aliphatic rings. The van der Waals surface area contributed by atoms with Gasteiger partial charge in [0.25, 0.3) is 0 Å². The van der Waals surface area contributed by atoms with Crippen molar-refractivity contribution in [2.45, 2.75) is 32.2 Å². The summed E-state index contributed by atoms with van der Waals surface area (Å²) in [6.45, 7) is 3.50. The minimum Gasteiger partial charge on any atom is -0.480 e. The number of hydrogen-bond acceptors (Lipinski definition) is 3. The van der Waals surface area contributed by atoms with Gasteiger partial charge in [0.2, 0.25) is 5.91 Å². The number of hydrogen-bond donors (Lipinski definition) is 3. The van der Waals surface area contributed by atoms with E-state index in [2.05, 4.69) is 10.6 Å². The van der Waals surface area contributed by atoms with Crippen molar-refractivity contribution >= 4 is 17.9 Å². The SMILES string of the molecule is CCN(CC(=O)NC)C(=O)NC(C)(C(=O)O)C1CC1. The van der Waals surface area contributed by atoms with E-state index < -0.39 is 17.5 Å². The van der Waals surface area contributed by atoms with Crippen LogP contribution >= 0.6 is 0 Å². The molecule has 0 radical (unpaired) electrons. The van der Waals surface area contributed by atoms with Crippen LogP contribution in [0.1, 0.15) is 26.7 Å².